The second-order valence-corrected chi connectivity index (χ2v) is 4.38. The molecule has 0 unspecified atom stereocenters. The molecule has 0 amide bonds. The van der Waals surface area contributed by atoms with Crippen LogP contribution in [0.4, 0.5) is 13.2 Å². The van der Waals surface area contributed by atoms with Gasteiger partial charge >= 0.3 is 6.18 Å². The van der Waals surface area contributed by atoms with Crippen LogP contribution in [-0.2, 0) is 6.42 Å². The first-order chi connectivity index (χ1) is 7.89. The molecule has 17 heavy (non-hydrogen) atoms. The van der Waals surface area contributed by atoms with Crippen molar-refractivity contribution in [3.63, 3.8) is 0 Å². The van der Waals surface area contributed by atoms with Crippen molar-refractivity contribution in [3.05, 3.63) is 35.4 Å². The Labute approximate surface area is 99.8 Å². The van der Waals surface area contributed by atoms with E-state index in [2.05, 4.69) is 0 Å². The third-order valence-electron chi connectivity index (χ3n) is 2.77. The predicted octanol–water partition coefficient (Wildman–Crippen LogP) is 3.60. The van der Waals surface area contributed by atoms with Crippen LogP contribution in [-0.4, -0.2) is 12.2 Å². The molecule has 1 aromatic rings. The van der Waals surface area contributed by atoms with Gasteiger partial charge in [-0.05, 0) is 31.7 Å². The summed E-state index contributed by atoms with van der Waals surface area (Å²) in [5, 5.41) is 0. The average molecular weight is 245 g/mol. The van der Waals surface area contributed by atoms with Gasteiger partial charge in [-0.1, -0.05) is 36.2 Å². The summed E-state index contributed by atoms with van der Waals surface area (Å²) in [5.74, 6) is 0. The summed E-state index contributed by atoms with van der Waals surface area (Å²) in [5.41, 5.74) is 7.38. The van der Waals surface area contributed by atoms with Gasteiger partial charge in [0.1, 0.15) is 6.04 Å². The molecule has 0 heterocycles. The summed E-state index contributed by atoms with van der Waals surface area (Å²) in [7, 11) is 0. The maximum absolute atomic E-state index is 12.1. The van der Waals surface area contributed by atoms with Crippen molar-refractivity contribution in [2.45, 2.75) is 44.8 Å². The van der Waals surface area contributed by atoms with Gasteiger partial charge < -0.3 is 5.73 Å². The van der Waals surface area contributed by atoms with E-state index < -0.39 is 12.2 Å². The van der Waals surface area contributed by atoms with E-state index >= 15 is 0 Å². The average Bonchev–Trinajstić information content (AvgIpc) is 2.25. The molecule has 4 heteroatoms. The van der Waals surface area contributed by atoms with E-state index in [1.54, 1.807) is 0 Å². The monoisotopic (exact) mass is 245 g/mol. The highest BCUT2D eigenvalue weighted by Crippen LogP contribution is 2.22. The Morgan fingerprint density at radius 3 is 2.24 bits per heavy atom. The van der Waals surface area contributed by atoms with E-state index in [1.165, 1.54) is 5.56 Å². The molecule has 0 radical (unpaired) electrons. The number of hydrogen-bond donors (Lipinski definition) is 1. The van der Waals surface area contributed by atoms with Crippen LogP contribution in [0.5, 0.6) is 0 Å². The molecule has 0 saturated carbocycles. The Hall–Kier alpha value is -1.03. The molecule has 0 aliphatic carbocycles. The Morgan fingerprint density at radius 1 is 1.12 bits per heavy atom. The van der Waals surface area contributed by atoms with Crippen LogP contribution >= 0.6 is 0 Å². The molecule has 2 N–H and O–H groups in total. The fourth-order valence-corrected chi connectivity index (χ4v) is 1.61. The summed E-state index contributed by atoms with van der Waals surface area (Å²) in [6.07, 6.45) is -2.19. The van der Waals surface area contributed by atoms with Crippen LogP contribution < -0.4 is 5.73 Å². The van der Waals surface area contributed by atoms with E-state index in [1.807, 2.05) is 31.2 Å². The maximum atomic E-state index is 12.1. The molecule has 0 aliphatic rings. The zero-order valence-electron chi connectivity index (χ0n) is 9.93. The van der Waals surface area contributed by atoms with Crippen LogP contribution in [0.15, 0.2) is 24.3 Å². The van der Waals surface area contributed by atoms with Crippen LogP contribution in [0.25, 0.3) is 0 Å². The van der Waals surface area contributed by atoms with Crippen molar-refractivity contribution >= 4 is 0 Å². The second-order valence-electron chi connectivity index (χ2n) is 4.38. The summed E-state index contributed by atoms with van der Waals surface area (Å²) < 4.78 is 36.4. The molecule has 1 rings (SSSR count). The second kappa shape index (κ2) is 6.05. The molecule has 0 aliphatic heterocycles. The van der Waals surface area contributed by atoms with Gasteiger partial charge in [-0.2, -0.15) is 13.2 Å². The fourth-order valence-electron chi connectivity index (χ4n) is 1.61. The molecule has 0 bridgehead atoms. The number of rotatable bonds is 5. The molecular formula is C13H18F3N. The van der Waals surface area contributed by atoms with Gasteiger partial charge in [0, 0.05) is 0 Å². The lowest BCUT2D eigenvalue weighted by Gasteiger charge is -2.14. The quantitative estimate of drug-likeness (QED) is 0.788. The van der Waals surface area contributed by atoms with Gasteiger partial charge in [0.25, 0.3) is 0 Å². The minimum Gasteiger partial charge on any atom is -0.320 e. The molecule has 0 aromatic heterocycles. The Bertz CT molecular complexity index is 330. The number of hydrogen-bond acceptors (Lipinski definition) is 1. The van der Waals surface area contributed by atoms with Crippen molar-refractivity contribution in [1.82, 2.24) is 0 Å². The first-order valence-electron chi connectivity index (χ1n) is 5.77. The van der Waals surface area contributed by atoms with Gasteiger partial charge in [0.05, 0.1) is 0 Å². The summed E-state index contributed by atoms with van der Waals surface area (Å²) >= 11 is 0. The first kappa shape index (κ1) is 14.0. The standard InChI is InChI=1S/C13H18F3N/c1-10-6-8-11(9-7-10)4-2-3-5-12(17)13(14,15)16/h6-9,12H,2-5,17H2,1H3/t12-/m0/s1. The van der Waals surface area contributed by atoms with Gasteiger partial charge in [0.2, 0.25) is 0 Å². The maximum Gasteiger partial charge on any atom is 0.403 e. The van der Waals surface area contributed by atoms with E-state index in [-0.39, 0.29) is 6.42 Å². The molecule has 1 nitrogen and oxygen atoms in total. The summed E-state index contributed by atoms with van der Waals surface area (Å²) in [4.78, 5) is 0. The van der Waals surface area contributed by atoms with E-state index in [9.17, 15) is 13.2 Å². The lowest BCUT2D eigenvalue weighted by atomic mass is 10.0. The molecule has 1 aromatic carbocycles. The van der Waals surface area contributed by atoms with Gasteiger partial charge in [-0.15, -0.1) is 0 Å². The number of aryl methyl sites for hydroxylation is 2. The molecule has 0 spiro atoms. The van der Waals surface area contributed by atoms with Gasteiger partial charge in [0.15, 0.2) is 0 Å². The van der Waals surface area contributed by atoms with Gasteiger partial charge in [-0.3, -0.25) is 0 Å². The molecule has 0 saturated heterocycles. The van der Waals surface area contributed by atoms with Crippen molar-refractivity contribution in [2.24, 2.45) is 5.73 Å². The third-order valence-corrected chi connectivity index (χ3v) is 2.77. The smallest absolute Gasteiger partial charge is 0.320 e. The van der Waals surface area contributed by atoms with Crippen molar-refractivity contribution < 1.29 is 13.2 Å². The zero-order valence-corrected chi connectivity index (χ0v) is 9.93. The number of halogens is 3. The highest BCUT2D eigenvalue weighted by atomic mass is 19.4. The largest absolute Gasteiger partial charge is 0.403 e. The highest BCUT2D eigenvalue weighted by Gasteiger charge is 2.35. The van der Waals surface area contributed by atoms with Crippen LogP contribution in [0.1, 0.15) is 30.4 Å². The van der Waals surface area contributed by atoms with E-state index in [0.29, 0.717) is 6.42 Å². The first-order valence-corrected chi connectivity index (χ1v) is 5.77. The fraction of sp³-hybridized carbons (Fsp3) is 0.538. The Morgan fingerprint density at radius 2 is 1.71 bits per heavy atom. The highest BCUT2D eigenvalue weighted by molar-refractivity contribution is 5.21. The lowest BCUT2D eigenvalue weighted by molar-refractivity contribution is -0.149. The normalized spacial score (nSPS) is 13.7. The molecule has 1 atom stereocenters. The van der Waals surface area contributed by atoms with Crippen molar-refractivity contribution in [1.29, 1.82) is 0 Å². The number of benzene rings is 1. The summed E-state index contributed by atoms with van der Waals surface area (Å²) in [6, 6.07) is 6.37. The third kappa shape index (κ3) is 5.22. The zero-order chi connectivity index (χ0) is 12.9. The molecular weight excluding hydrogens is 227 g/mol. The summed E-state index contributed by atoms with van der Waals surface area (Å²) in [6.45, 7) is 2.01. The topological polar surface area (TPSA) is 26.0 Å². The van der Waals surface area contributed by atoms with Crippen LogP contribution in [0.2, 0.25) is 0 Å². The minimum atomic E-state index is -4.26. The van der Waals surface area contributed by atoms with Crippen molar-refractivity contribution in [3.8, 4) is 0 Å². The Kier molecular flexibility index (Phi) is 5.00. The lowest BCUT2D eigenvalue weighted by Crippen LogP contribution is -2.37. The number of unbranched alkanes of at least 4 members (excludes halogenated alkanes) is 1. The number of nitrogens with two attached hydrogens (primary N) is 1. The number of alkyl halides is 3. The SMILES string of the molecule is Cc1ccc(CCCC[C@H](N)C(F)(F)F)cc1. The van der Waals surface area contributed by atoms with Crippen LogP contribution in [0, 0.1) is 6.92 Å². The minimum absolute atomic E-state index is 0.00929. The Balaban J connectivity index is 2.23. The van der Waals surface area contributed by atoms with Gasteiger partial charge in [-0.25, -0.2) is 0 Å². The molecule has 0 fully saturated rings. The van der Waals surface area contributed by atoms with E-state index in [4.69, 9.17) is 5.73 Å². The molecule has 96 valence electrons. The van der Waals surface area contributed by atoms with Crippen molar-refractivity contribution in [2.75, 3.05) is 0 Å². The van der Waals surface area contributed by atoms with Crippen LogP contribution in [0.3, 0.4) is 0 Å². The van der Waals surface area contributed by atoms with E-state index in [0.717, 1.165) is 18.4 Å². The predicted molar refractivity (Wildman–Crippen MR) is 62.8 cm³/mol.